The second kappa shape index (κ2) is 8.73. The molecule has 2 amide bonds. The average Bonchev–Trinajstić information content (AvgIpc) is 3.06. The Kier molecular flexibility index (Phi) is 6.35. The fourth-order valence-electron chi connectivity index (χ4n) is 2.25. The smallest absolute Gasteiger partial charge is 0.245 e. The number of aromatic nitrogens is 1. The van der Waals surface area contributed by atoms with Gasteiger partial charge in [0.25, 0.3) is 0 Å². The molecule has 6 nitrogen and oxygen atoms in total. The summed E-state index contributed by atoms with van der Waals surface area (Å²) in [6, 6.07) is 11.4. The van der Waals surface area contributed by atoms with Crippen LogP contribution in [0, 0.1) is 0 Å². The molecule has 1 aromatic heterocycles. The van der Waals surface area contributed by atoms with Crippen molar-refractivity contribution in [3.63, 3.8) is 0 Å². The lowest BCUT2D eigenvalue weighted by molar-refractivity contribution is -0.134. The molecule has 1 aromatic carbocycles. The van der Waals surface area contributed by atoms with Gasteiger partial charge < -0.3 is 14.7 Å². The van der Waals surface area contributed by atoms with Gasteiger partial charge in [-0.25, -0.2) is 0 Å². The Bertz CT molecular complexity index is 611. The molecule has 0 aliphatic rings. The number of hydrogen-bond acceptors (Lipinski definition) is 4. The summed E-state index contributed by atoms with van der Waals surface area (Å²) in [7, 11) is 0. The number of nitrogens with one attached hydrogen (secondary N) is 1. The standard InChI is InChI=1S/C17H21N3O3/c1-2-11-20(13-16(21)18-15-10-12-23-19-15)17(22)9-8-14-6-4-3-5-7-14/h3-7,10,12H,2,8-9,11,13H2,1H3,(H,18,19,21). The maximum atomic E-state index is 12.4. The van der Waals surface area contributed by atoms with E-state index in [1.165, 1.54) is 6.26 Å². The molecule has 0 spiro atoms. The largest absolute Gasteiger partial charge is 0.363 e. The van der Waals surface area contributed by atoms with Crippen LogP contribution in [0.2, 0.25) is 0 Å². The van der Waals surface area contributed by atoms with Crippen LogP contribution < -0.4 is 5.32 Å². The van der Waals surface area contributed by atoms with Crippen LogP contribution in [0.3, 0.4) is 0 Å². The molecule has 0 aliphatic carbocycles. The van der Waals surface area contributed by atoms with E-state index in [9.17, 15) is 9.59 Å². The Hall–Kier alpha value is -2.63. The molecule has 2 aromatic rings. The van der Waals surface area contributed by atoms with E-state index in [0.29, 0.717) is 25.2 Å². The van der Waals surface area contributed by atoms with Crippen LogP contribution >= 0.6 is 0 Å². The van der Waals surface area contributed by atoms with Gasteiger partial charge in [-0.05, 0) is 18.4 Å². The van der Waals surface area contributed by atoms with Gasteiger partial charge in [-0.2, -0.15) is 0 Å². The molecule has 0 atom stereocenters. The predicted molar refractivity (Wildman–Crippen MR) is 86.8 cm³/mol. The molecule has 1 N–H and O–H groups in total. The minimum absolute atomic E-state index is 0.0221. The lowest BCUT2D eigenvalue weighted by Crippen LogP contribution is -2.38. The molecule has 1 heterocycles. The van der Waals surface area contributed by atoms with Crippen LogP contribution in [0.25, 0.3) is 0 Å². The SMILES string of the molecule is CCCN(CC(=O)Nc1ccon1)C(=O)CCc1ccccc1. The maximum Gasteiger partial charge on any atom is 0.245 e. The van der Waals surface area contributed by atoms with E-state index in [1.54, 1.807) is 11.0 Å². The summed E-state index contributed by atoms with van der Waals surface area (Å²) in [5.74, 6) is 0.0506. The molecule has 0 bridgehead atoms. The molecule has 0 radical (unpaired) electrons. The fourth-order valence-corrected chi connectivity index (χ4v) is 2.25. The number of hydrogen-bond donors (Lipinski definition) is 1. The fraction of sp³-hybridized carbons (Fsp3) is 0.353. The first-order chi connectivity index (χ1) is 11.2. The van der Waals surface area contributed by atoms with Crippen molar-refractivity contribution in [3.05, 3.63) is 48.2 Å². The molecule has 122 valence electrons. The third-order valence-electron chi connectivity index (χ3n) is 3.36. The highest BCUT2D eigenvalue weighted by atomic mass is 16.5. The number of amides is 2. The number of anilines is 1. The normalized spacial score (nSPS) is 10.3. The van der Waals surface area contributed by atoms with Gasteiger partial charge in [0.2, 0.25) is 11.8 Å². The second-order valence-corrected chi connectivity index (χ2v) is 5.23. The van der Waals surface area contributed by atoms with Crippen LogP contribution in [0.15, 0.2) is 47.2 Å². The molecule has 0 saturated heterocycles. The van der Waals surface area contributed by atoms with Crippen LogP contribution in [-0.4, -0.2) is 35.0 Å². The van der Waals surface area contributed by atoms with Crippen molar-refractivity contribution in [2.45, 2.75) is 26.2 Å². The Morgan fingerprint density at radius 2 is 2.00 bits per heavy atom. The second-order valence-electron chi connectivity index (χ2n) is 5.23. The van der Waals surface area contributed by atoms with Gasteiger partial charge in [0, 0.05) is 19.0 Å². The molecule has 23 heavy (non-hydrogen) atoms. The number of benzene rings is 1. The molecule has 2 rings (SSSR count). The summed E-state index contributed by atoms with van der Waals surface area (Å²) < 4.78 is 4.66. The Labute approximate surface area is 135 Å². The third-order valence-corrected chi connectivity index (χ3v) is 3.36. The van der Waals surface area contributed by atoms with Crippen LogP contribution in [-0.2, 0) is 16.0 Å². The van der Waals surface area contributed by atoms with Gasteiger partial charge in [0.05, 0.1) is 6.54 Å². The quantitative estimate of drug-likeness (QED) is 0.812. The molecular weight excluding hydrogens is 294 g/mol. The summed E-state index contributed by atoms with van der Waals surface area (Å²) in [5.41, 5.74) is 1.12. The van der Waals surface area contributed by atoms with E-state index in [0.717, 1.165) is 12.0 Å². The van der Waals surface area contributed by atoms with Crippen LogP contribution in [0.5, 0.6) is 0 Å². The number of carbonyl (C=O) groups excluding carboxylic acids is 2. The number of aryl methyl sites for hydroxylation is 1. The first kappa shape index (κ1) is 16.7. The van der Waals surface area contributed by atoms with Gasteiger partial charge in [0.15, 0.2) is 5.82 Å². The maximum absolute atomic E-state index is 12.4. The zero-order chi connectivity index (χ0) is 16.5. The van der Waals surface area contributed by atoms with E-state index in [2.05, 4.69) is 15.0 Å². The molecule has 6 heteroatoms. The van der Waals surface area contributed by atoms with Gasteiger partial charge in [-0.3, -0.25) is 9.59 Å². The Balaban J connectivity index is 1.86. The Morgan fingerprint density at radius 1 is 1.22 bits per heavy atom. The highest BCUT2D eigenvalue weighted by Crippen LogP contribution is 2.06. The summed E-state index contributed by atoms with van der Waals surface area (Å²) >= 11 is 0. The summed E-state index contributed by atoms with van der Waals surface area (Å²) in [6.45, 7) is 2.56. The molecule has 0 aliphatic heterocycles. The van der Waals surface area contributed by atoms with Gasteiger partial charge in [-0.1, -0.05) is 42.4 Å². The lowest BCUT2D eigenvalue weighted by atomic mass is 10.1. The van der Waals surface area contributed by atoms with Gasteiger partial charge in [-0.15, -0.1) is 0 Å². The van der Waals surface area contributed by atoms with Crippen molar-refractivity contribution in [1.82, 2.24) is 10.1 Å². The van der Waals surface area contributed by atoms with Crippen molar-refractivity contribution >= 4 is 17.6 Å². The molecule has 0 saturated carbocycles. The number of nitrogens with zero attached hydrogens (tertiary/aromatic N) is 2. The van der Waals surface area contributed by atoms with Gasteiger partial charge >= 0.3 is 0 Å². The van der Waals surface area contributed by atoms with Crippen molar-refractivity contribution in [2.24, 2.45) is 0 Å². The van der Waals surface area contributed by atoms with E-state index < -0.39 is 0 Å². The topological polar surface area (TPSA) is 75.4 Å². The van der Waals surface area contributed by atoms with Crippen molar-refractivity contribution in [1.29, 1.82) is 0 Å². The van der Waals surface area contributed by atoms with Crippen LogP contribution in [0.4, 0.5) is 5.82 Å². The summed E-state index contributed by atoms with van der Waals surface area (Å²) in [4.78, 5) is 25.9. The zero-order valence-electron chi connectivity index (χ0n) is 13.2. The van der Waals surface area contributed by atoms with E-state index in [1.807, 2.05) is 37.3 Å². The summed E-state index contributed by atoms with van der Waals surface area (Å²) in [6.07, 6.45) is 3.24. The van der Waals surface area contributed by atoms with E-state index in [4.69, 9.17) is 0 Å². The van der Waals surface area contributed by atoms with Crippen molar-refractivity contribution in [2.75, 3.05) is 18.4 Å². The molecular formula is C17H21N3O3. The monoisotopic (exact) mass is 315 g/mol. The van der Waals surface area contributed by atoms with Crippen molar-refractivity contribution in [3.8, 4) is 0 Å². The Morgan fingerprint density at radius 3 is 2.65 bits per heavy atom. The minimum atomic E-state index is -0.277. The lowest BCUT2D eigenvalue weighted by Gasteiger charge is -2.21. The van der Waals surface area contributed by atoms with Gasteiger partial charge in [0.1, 0.15) is 6.26 Å². The first-order valence-electron chi connectivity index (χ1n) is 7.71. The average molecular weight is 315 g/mol. The van der Waals surface area contributed by atoms with Crippen molar-refractivity contribution < 1.29 is 14.1 Å². The highest BCUT2D eigenvalue weighted by molar-refractivity contribution is 5.93. The molecule has 0 unspecified atom stereocenters. The van der Waals surface area contributed by atoms with E-state index in [-0.39, 0.29) is 18.4 Å². The number of carbonyl (C=O) groups is 2. The highest BCUT2D eigenvalue weighted by Gasteiger charge is 2.17. The predicted octanol–water partition coefficient (Wildman–Crippen LogP) is 2.48. The third kappa shape index (κ3) is 5.58. The van der Waals surface area contributed by atoms with E-state index >= 15 is 0 Å². The van der Waals surface area contributed by atoms with Crippen LogP contribution in [0.1, 0.15) is 25.3 Å². The number of rotatable bonds is 8. The zero-order valence-corrected chi connectivity index (χ0v) is 13.2. The first-order valence-corrected chi connectivity index (χ1v) is 7.71. The molecule has 0 fully saturated rings. The minimum Gasteiger partial charge on any atom is -0.363 e. The summed E-state index contributed by atoms with van der Waals surface area (Å²) in [5, 5.41) is 6.22.